The monoisotopic (exact) mass is 240 g/mol. The molecule has 2 rings (SSSR count). The molecule has 1 N–H and O–H groups in total. The number of likely N-dealkylation sites (tertiary alicyclic amines) is 1. The van der Waals surface area contributed by atoms with Gasteiger partial charge in [0.2, 0.25) is 0 Å². The fourth-order valence-electron chi connectivity index (χ4n) is 2.00. The Morgan fingerprint density at radius 1 is 1.50 bits per heavy atom. The predicted molar refractivity (Wildman–Crippen MR) is 65.8 cm³/mol. The minimum atomic E-state index is 0.522. The highest BCUT2D eigenvalue weighted by Crippen LogP contribution is 2.17. The fourth-order valence-corrected chi connectivity index (χ4v) is 2.17. The van der Waals surface area contributed by atoms with Crippen LogP contribution in [0, 0.1) is 0 Å². The standard InChI is InChI=1S/C11H17ClN4/c1-9(16-4-2-3-5-16)6-14-11-10(12)7-13-8-15-11/h7-9H,2-6H2,1H3,(H,13,14,15). The summed E-state index contributed by atoms with van der Waals surface area (Å²) in [4.78, 5) is 10.4. The van der Waals surface area contributed by atoms with Crippen molar-refractivity contribution in [3.63, 3.8) is 0 Å². The number of nitrogens with zero attached hydrogens (tertiary/aromatic N) is 3. The highest BCUT2D eigenvalue weighted by Gasteiger charge is 2.17. The molecule has 0 aromatic carbocycles. The van der Waals surface area contributed by atoms with Crippen LogP contribution in [0.15, 0.2) is 12.5 Å². The number of aromatic nitrogens is 2. The van der Waals surface area contributed by atoms with E-state index in [4.69, 9.17) is 11.6 Å². The number of rotatable bonds is 4. The van der Waals surface area contributed by atoms with Crippen LogP contribution in [-0.2, 0) is 0 Å². The molecular formula is C11H17ClN4. The van der Waals surface area contributed by atoms with E-state index in [1.165, 1.54) is 32.3 Å². The largest absolute Gasteiger partial charge is 0.367 e. The van der Waals surface area contributed by atoms with Crippen LogP contribution in [0.1, 0.15) is 19.8 Å². The van der Waals surface area contributed by atoms with E-state index in [2.05, 4.69) is 27.1 Å². The molecular weight excluding hydrogens is 224 g/mol. The summed E-state index contributed by atoms with van der Waals surface area (Å²) in [6.07, 6.45) is 5.75. The Kier molecular flexibility index (Phi) is 3.96. The van der Waals surface area contributed by atoms with Crippen LogP contribution in [0.3, 0.4) is 0 Å². The highest BCUT2D eigenvalue weighted by molar-refractivity contribution is 6.32. The van der Waals surface area contributed by atoms with Crippen molar-refractivity contribution in [3.8, 4) is 0 Å². The number of hydrogen-bond donors (Lipinski definition) is 1. The molecule has 2 heterocycles. The third-order valence-corrected chi connectivity index (χ3v) is 3.27. The van der Waals surface area contributed by atoms with Crippen molar-refractivity contribution in [1.82, 2.24) is 14.9 Å². The highest BCUT2D eigenvalue weighted by atomic mass is 35.5. The zero-order valence-corrected chi connectivity index (χ0v) is 10.2. The first-order chi connectivity index (χ1) is 7.77. The molecule has 1 fully saturated rings. The number of hydrogen-bond acceptors (Lipinski definition) is 4. The van der Waals surface area contributed by atoms with Gasteiger partial charge in [-0.05, 0) is 32.9 Å². The van der Waals surface area contributed by atoms with E-state index >= 15 is 0 Å². The van der Waals surface area contributed by atoms with E-state index in [1.807, 2.05) is 0 Å². The van der Waals surface area contributed by atoms with Crippen LogP contribution < -0.4 is 5.32 Å². The van der Waals surface area contributed by atoms with Crippen molar-refractivity contribution < 1.29 is 0 Å². The average Bonchev–Trinajstić information content (AvgIpc) is 2.81. The molecule has 1 aliphatic heterocycles. The molecule has 1 aliphatic rings. The quantitative estimate of drug-likeness (QED) is 0.875. The Hall–Kier alpha value is -0.870. The second-order valence-electron chi connectivity index (χ2n) is 4.19. The van der Waals surface area contributed by atoms with Gasteiger partial charge in [-0.25, -0.2) is 9.97 Å². The van der Waals surface area contributed by atoms with Gasteiger partial charge in [-0.1, -0.05) is 11.6 Å². The van der Waals surface area contributed by atoms with E-state index in [1.54, 1.807) is 6.20 Å². The van der Waals surface area contributed by atoms with Gasteiger partial charge in [0.15, 0.2) is 0 Å². The van der Waals surface area contributed by atoms with Gasteiger partial charge >= 0.3 is 0 Å². The van der Waals surface area contributed by atoms with Crippen molar-refractivity contribution in [2.75, 3.05) is 25.0 Å². The van der Waals surface area contributed by atoms with Crippen LogP contribution in [0.2, 0.25) is 5.02 Å². The summed E-state index contributed by atoms with van der Waals surface area (Å²) in [5.41, 5.74) is 0. The first kappa shape index (κ1) is 11.6. The Morgan fingerprint density at radius 3 is 2.94 bits per heavy atom. The molecule has 0 saturated carbocycles. The minimum Gasteiger partial charge on any atom is -0.367 e. The zero-order valence-electron chi connectivity index (χ0n) is 9.49. The predicted octanol–water partition coefficient (Wildman–Crippen LogP) is 2.03. The number of nitrogens with one attached hydrogen (secondary N) is 1. The lowest BCUT2D eigenvalue weighted by Crippen LogP contribution is -2.35. The van der Waals surface area contributed by atoms with E-state index in [0.29, 0.717) is 11.1 Å². The Bertz CT molecular complexity index is 339. The topological polar surface area (TPSA) is 41.1 Å². The Balaban J connectivity index is 1.84. The average molecular weight is 241 g/mol. The minimum absolute atomic E-state index is 0.522. The van der Waals surface area contributed by atoms with Gasteiger partial charge in [0.1, 0.15) is 17.2 Å². The SMILES string of the molecule is CC(CNc1ncncc1Cl)N1CCCC1. The van der Waals surface area contributed by atoms with Crippen molar-refractivity contribution >= 4 is 17.4 Å². The van der Waals surface area contributed by atoms with Gasteiger partial charge in [0.05, 0.1) is 6.20 Å². The van der Waals surface area contributed by atoms with Gasteiger partial charge < -0.3 is 5.32 Å². The molecule has 16 heavy (non-hydrogen) atoms. The van der Waals surface area contributed by atoms with Crippen LogP contribution in [0.25, 0.3) is 0 Å². The molecule has 1 unspecified atom stereocenters. The van der Waals surface area contributed by atoms with Crippen molar-refractivity contribution in [1.29, 1.82) is 0 Å². The normalized spacial score (nSPS) is 18.6. The van der Waals surface area contributed by atoms with E-state index in [-0.39, 0.29) is 0 Å². The van der Waals surface area contributed by atoms with Gasteiger partial charge in [-0.2, -0.15) is 0 Å². The molecule has 1 aromatic rings. The summed E-state index contributed by atoms with van der Waals surface area (Å²) in [5.74, 6) is 0.725. The summed E-state index contributed by atoms with van der Waals surface area (Å²) >= 11 is 5.97. The van der Waals surface area contributed by atoms with Gasteiger partial charge in [-0.3, -0.25) is 4.90 Å². The second-order valence-corrected chi connectivity index (χ2v) is 4.60. The van der Waals surface area contributed by atoms with E-state index in [0.717, 1.165) is 12.4 Å². The summed E-state index contributed by atoms with van der Waals surface area (Å²) in [6.45, 7) is 5.52. The van der Waals surface area contributed by atoms with Crippen LogP contribution in [0.4, 0.5) is 5.82 Å². The molecule has 88 valence electrons. The number of halogens is 1. The molecule has 0 spiro atoms. The van der Waals surface area contributed by atoms with Gasteiger partial charge in [0, 0.05) is 12.6 Å². The van der Waals surface area contributed by atoms with Crippen LogP contribution in [-0.4, -0.2) is 40.5 Å². The van der Waals surface area contributed by atoms with Crippen molar-refractivity contribution in [2.24, 2.45) is 0 Å². The van der Waals surface area contributed by atoms with Crippen LogP contribution >= 0.6 is 11.6 Å². The number of anilines is 1. The summed E-state index contributed by atoms with van der Waals surface area (Å²) in [7, 11) is 0. The third kappa shape index (κ3) is 2.83. The van der Waals surface area contributed by atoms with Gasteiger partial charge in [-0.15, -0.1) is 0 Å². The zero-order chi connectivity index (χ0) is 11.4. The molecule has 5 heteroatoms. The molecule has 1 aromatic heterocycles. The molecule has 0 amide bonds. The second kappa shape index (κ2) is 5.46. The Morgan fingerprint density at radius 2 is 2.25 bits per heavy atom. The smallest absolute Gasteiger partial charge is 0.148 e. The van der Waals surface area contributed by atoms with Gasteiger partial charge in [0.25, 0.3) is 0 Å². The van der Waals surface area contributed by atoms with E-state index < -0.39 is 0 Å². The molecule has 1 atom stereocenters. The molecule has 0 aliphatic carbocycles. The molecule has 1 saturated heterocycles. The summed E-state index contributed by atoms with van der Waals surface area (Å²) in [5, 5.41) is 3.84. The summed E-state index contributed by atoms with van der Waals surface area (Å²) < 4.78 is 0. The Labute approximate surface area is 101 Å². The lowest BCUT2D eigenvalue weighted by atomic mass is 10.3. The molecule has 0 bridgehead atoms. The van der Waals surface area contributed by atoms with Crippen molar-refractivity contribution in [2.45, 2.75) is 25.8 Å². The maximum absolute atomic E-state index is 5.97. The van der Waals surface area contributed by atoms with Crippen LogP contribution in [0.5, 0.6) is 0 Å². The third-order valence-electron chi connectivity index (χ3n) is 3.00. The molecule has 4 nitrogen and oxygen atoms in total. The lowest BCUT2D eigenvalue weighted by molar-refractivity contribution is 0.269. The lowest BCUT2D eigenvalue weighted by Gasteiger charge is -2.24. The summed E-state index contributed by atoms with van der Waals surface area (Å²) in [6, 6.07) is 0.522. The first-order valence-corrected chi connectivity index (χ1v) is 6.08. The maximum atomic E-state index is 5.97. The fraction of sp³-hybridized carbons (Fsp3) is 0.636. The van der Waals surface area contributed by atoms with E-state index in [9.17, 15) is 0 Å². The maximum Gasteiger partial charge on any atom is 0.148 e. The van der Waals surface area contributed by atoms with Crippen molar-refractivity contribution in [3.05, 3.63) is 17.5 Å². The molecule has 0 radical (unpaired) electrons. The first-order valence-electron chi connectivity index (χ1n) is 5.71.